The molecule has 0 aliphatic carbocycles. The highest BCUT2D eigenvalue weighted by atomic mass is 16.5. The third-order valence-corrected chi connectivity index (χ3v) is 3.80. The van der Waals surface area contributed by atoms with E-state index < -0.39 is 6.09 Å². The molecular weight excluding hydrogens is 254 g/mol. The van der Waals surface area contributed by atoms with Gasteiger partial charge in [0.2, 0.25) is 0 Å². The van der Waals surface area contributed by atoms with E-state index in [0.29, 0.717) is 25.6 Å². The Kier molecular flexibility index (Phi) is 5.87. The van der Waals surface area contributed by atoms with Crippen molar-refractivity contribution in [3.05, 3.63) is 35.9 Å². The molecule has 0 bridgehead atoms. The van der Waals surface area contributed by atoms with E-state index in [1.54, 1.807) is 4.90 Å². The van der Waals surface area contributed by atoms with Gasteiger partial charge in [0.25, 0.3) is 0 Å². The molecule has 0 radical (unpaired) electrons. The predicted octanol–water partition coefficient (Wildman–Crippen LogP) is 3.37. The van der Waals surface area contributed by atoms with Gasteiger partial charge in [0.1, 0.15) is 0 Å². The van der Waals surface area contributed by atoms with Gasteiger partial charge in [0, 0.05) is 19.7 Å². The van der Waals surface area contributed by atoms with Crippen molar-refractivity contribution in [3.8, 4) is 0 Å². The Morgan fingerprint density at radius 2 is 2.15 bits per heavy atom. The lowest BCUT2D eigenvalue weighted by atomic mass is 9.94. The van der Waals surface area contributed by atoms with Crippen molar-refractivity contribution in [3.63, 3.8) is 0 Å². The van der Waals surface area contributed by atoms with Gasteiger partial charge >= 0.3 is 6.09 Å². The van der Waals surface area contributed by atoms with Crippen molar-refractivity contribution < 1.29 is 14.6 Å². The van der Waals surface area contributed by atoms with Crippen LogP contribution in [0.2, 0.25) is 0 Å². The molecule has 110 valence electrons. The fourth-order valence-electron chi connectivity index (χ4n) is 2.71. The summed E-state index contributed by atoms with van der Waals surface area (Å²) in [6.07, 6.45) is 3.41. The zero-order valence-electron chi connectivity index (χ0n) is 11.8. The molecule has 1 saturated heterocycles. The zero-order valence-corrected chi connectivity index (χ0v) is 11.8. The first-order valence-electron chi connectivity index (χ1n) is 7.35. The van der Waals surface area contributed by atoms with Crippen LogP contribution in [0.5, 0.6) is 0 Å². The summed E-state index contributed by atoms with van der Waals surface area (Å²) < 4.78 is 5.66. The molecule has 2 rings (SSSR count). The molecule has 4 heteroatoms. The Morgan fingerprint density at radius 3 is 2.90 bits per heavy atom. The second kappa shape index (κ2) is 7.90. The van der Waals surface area contributed by atoms with Gasteiger partial charge in [-0.15, -0.1) is 0 Å². The number of carbonyl (C=O) groups is 1. The summed E-state index contributed by atoms with van der Waals surface area (Å²) in [5.41, 5.74) is 1.20. The largest absolute Gasteiger partial charge is 0.465 e. The summed E-state index contributed by atoms with van der Waals surface area (Å²) in [4.78, 5) is 12.5. The number of hydrogen-bond donors (Lipinski definition) is 1. The van der Waals surface area contributed by atoms with Crippen LogP contribution in [0.25, 0.3) is 0 Å². The summed E-state index contributed by atoms with van der Waals surface area (Å²) in [5.74, 6) is 0.500. The molecule has 1 atom stereocenters. The summed E-state index contributed by atoms with van der Waals surface area (Å²) in [6, 6.07) is 10.2. The number of piperidine rings is 1. The van der Waals surface area contributed by atoms with E-state index in [1.807, 2.05) is 18.2 Å². The van der Waals surface area contributed by atoms with Gasteiger partial charge in [-0.3, -0.25) is 0 Å². The minimum atomic E-state index is -0.782. The number of benzene rings is 1. The summed E-state index contributed by atoms with van der Waals surface area (Å²) in [7, 11) is 0. The van der Waals surface area contributed by atoms with Crippen LogP contribution in [0.1, 0.15) is 31.2 Å². The van der Waals surface area contributed by atoms with E-state index in [2.05, 4.69) is 12.1 Å². The molecule has 1 aromatic carbocycles. The Labute approximate surface area is 120 Å². The fourth-order valence-corrected chi connectivity index (χ4v) is 2.71. The Bertz CT molecular complexity index is 407. The number of likely N-dealkylation sites (tertiary alicyclic amines) is 1. The van der Waals surface area contributed by atoms with E-state index >= 15 is 0 Å². The number of amides is 1. The quantitative estimate of drug-likeness (QED) is 0.811. The first-order chi connectivity index (χ1) is 9.75. The van der Waals surface area contributed by atoms with Crippen LogP contribution in [-0.2, 0) is 11.3 Å². The Hall–Kier alpha value is -1.55. The van der Waals surface area contributed by atoms with E-state index in [9.17, 15) is 4.79 Å². The van der Waals surface area contributed by atoms with Crippen LogP contribution in [0.15, 0.2) is 30.3 Å². The molecule has 0 unspecified atom stereocenters. The first-order valence-corrected chi connectivity index (χ1v) is 7.35. The first kappa shape index (κ1) is 14.9. The van der Waals surface area contributed by atoms with Gasteiger partial charge in [-0.05, 0) is 37.2 Å². The molecule has 0 spiro atoms. The van der Waals surface area contributed by atoms with Crippen molar-refractivity contribution >= 4 is 6.09 Å². The number of ether oxygens (including phenoxy) is 1. The molecule has 1 fully saturated rings. The smallest absolute Gasteiger partial charge is 0.407 e. The van der Waals surface area contributed by atoms with Crippen LogP contribution < -0.4 is 0 Å². The molecule has 1 amide bonds. The van der Waals surface area contributed by atoms with Gasteiger partial charge in [-0.2, -0.15) is 0 Å². The Balaban J connectivity index is 1.58. The van der Waals surface area contributed by atoms with Crippen LogP contribution in [0.3, 0.4) is 0 Å². The van der Waals surface area contributed by atoms with Crippen LogP contribution in [0, 0.1) is 5.92 Å². The lowest BCUT2D eigenvalue weighted by Gasteiger charge is -2.30. The highest BCUT2D eigenvalue weighted by molar-refractivity contribution is 5.65. The highest BCUT2D eigenvalue weighted by Gasteiger charge is 2.22. The monoisotopic (exact) mass is 277 g/mol. The van der Waals surface area contributed by atoms with Crippen molar-refractivity contribution in [2.45, 2.75) is 32.3 Å². The van der Waals surface area contributed by atoms with Crippen molar-refractivity contribution in [1.82, 2.24) is 4.90 Å². The van der Waals surface area contributed by atoms with Gasteiger partial charge in [0.05, 0.1) is 6.61 Å². The highest BCUT2D eigenvalue weighted by Crippen LogP contribution is 2.21. The van der Waals surface area contributed by atoms with Gasteiger partial charge in [-0.25, -0.2) is 4.79 Å². The average molecular weight is 277 g/mol. The molecule has 1 N–H and O–H groups in total. The summed E-state index contributed by atoms with van der Waals surface area (Å²) >= 11 is 0. The van der Waals surface area contributed by atoms with Gasteiger partial charge in [-0.1, -0.05) is 30.3 Å². The molecular formula is C16H23NO3. The van der Waals surface area contributed by atoms with Crippen LogP contribution >= 0.6 is 0 Å². The summed E-state index contributed by atoms with van der Waals surface area (Å²) in [5, 5.41) is 8.99. The molecule has 20 heavy (non-hydrogen) atoms. The normalized spacial score (nSPS) is 19.0. The van der Waals surface area contributed by atoms with E-state index in [4.69, 9.17) is 9.84 Å². The van der Waals surface area contributed by atoms with Crippen LogP contribution in [-0.4, -0.2) is 35.8 Å². The second-order valence-electron chi connectivity index (χ2n) is 5.42. The maximum Gasteiger partial charge on any atom is 0.407 e. The van der Waals surface area contributed by atoms with Crippen LogP contribution in [0.4, 0.5) is 4.79 Å². The Morgan fingerprint density at radius 1 is 1.35 bits per heavy atom. The lowest BCUT2D eigenvalue weighted by molar-refractivity contribution is 0.0991. The van der Waals surface area contributed by atoms with Crippen molar-refractivity contribution in [2.24, 2.45) is 5.92 Å². The molecule has 1 aromatic rings. The van der Waals surface area contributed by atoms with Gasteiger partial charge < -0.3 is 14.7 Å². The number of hydrogen-bond acceptors (Lipinski definition) is 2. The maximum atomic E-state index is 10.9. The van der Waals surface area contributed by atoms with E-state index in [-0.39, 0.29) is 0 Å². The minimum absolute atomic E-state index is 0.500. The fraction of sp³-hybridized carbons (Fsp3) is 0.562. The molecule has 1 aliphatic rings. The molecule has 0 saturated carbocycles. The van der Waals surface area contributed by atoms with Crippen molar-refractivity contribution in [1.29, 1.82) is 0 Å². The topological polar surface area (TPSA) is 49.8 Å². The average Bonchev–Trinajstić information content (AvgIpc) is 2.48. The predicted molar refractivity (Wildman–Crippen MR) is 77.7 cm³/mol. The third-order valence-electron chi connectivity index (χ3n) is 3.80. The minimum Gasteiger partial charge on any atom is -0.465 e. The lowest BCUT2D eigenvalue weighted by Crippen LogP contribution is -2.39. The molecule has 1 aliphatic heterocycles. The SMILES string of the molecule is O=C(O)N1CCC[C@@H](CCCOCc2ccccc2)C1. The number of rotatable bonds is 6. The third kappa shape index (κ3) is 4.85. The van der Waals surface area contributed by atoms with E-state index in [0.717, 1.165) is 32.3 Å². The second-order valence-corrected chi connectivity index (χ2v) is 5.42. The number of carboxylic acid groups (broad SMARTS) is 1. The molecule has 4 nitrogen and oxygen atoms in total. The number of nitrogens with zero attached hydrogens (tertiary/aromatic N) is 1. The zero-order chi connectivity index (χ0) is 14.2. The maximum absolute atomic E-state index is 10.9. The van der Waals surface area contributed by atoms with E-state index in [1.165, 1.54) is 5.56 Å². The van der Waals surface area contributed by atoms with Crippen molar-refractivity contribution in [2.75, 3.05) is 19.7 Å². The molecule has 0 aromatic heterocycles. The van der Waals surface area contributed by atoms with Gasteiger partial charge in [0.15, 0.2) is 0 Å². The standard InChI is InChI=1S/C16H23NO3/c18-16(19)17-10-4-8-14(12-17)9-5-11-20-13-15-6-2-1-3-7-15/h1-3,6-7,14H,4-5,8-13H2,(H,18,19)/t14-/m0/s1. The molecule has 1 heterocycles. The summed E-state index contributed by atoms with van der Waals surface area (Å²) in [6.45, 7) is 2.79.